The molecule has 1 aromatic carbocycles. The lowest BCUT2D eigenvalue weighted by Crippen LogP contribution is -2.72. The Morgan fingerprint density at radius 1 is 0.607 bits per heavy atom. The van der Waals surface area contributed by atoms with Crippen LogP contribution in [0.2, 0.25) is 0 Å². The van der Waals surface area contributed by atoms with Gasteiger partial charge in [0.15, 0.2) is 0 Å². The van der Waals surface area contributed by atoms with Gasteiger partial charge >= 0.3 is 0 Å². The maximum absolute atomic E-state index is 15.0. The van der Waals surface area contributed by atoms with Crippen molar-refractivity contribution in [2.24, 2.45) is 5.92 Å². The number of benzene rings is 1. The highest BCUT2D eigenvalue weighted by atomic mass is 16.3. The van der Waals surface area contributed by atoms with E-state index in [1.165, 1.54) is 0 Å². The fraction of sp³-hybridized carbons (Fsp3) is 0.846. The van der Waals surface area contributed by atoms with Gasteiger partial charge in [-0.05, 0) is 210 Å². The van der Waals surface area contributed by atoms with Crippen LogP contribution in [0.1, 0.15) is 205 Å². The summed E-state index contributed by atoms with van der Waals surface area (Å²) in [6.07, 6.45) is 7.72. The molecule has 5 N–H and O–H groups in total. The summed E-state index contributed by atoms with van der Waals surface area (Å²) in [4.78, 5) is 35.5. The van der Waals surface area contributed by atoms with E-state index in [0.29, 0.717) is 17.8 Å². The molecular weight excluding hydrogens is 757 g/mol. The number of aromatic hydroxyl groups is 1. The summed E-state index contributed by atoms with van der Waals surface area (Å²) < 4.78 is 0. The molecule has 4 saturated heterocycles. The van der Waals surface area contributed by atoms with Gasteiger partial charge in [-0.3, -0.25) is 19.4 Å². The fourth-order valence-corrected chi connectivity index (χ4v) is 14.6. The number of hydrogen-bond acceptors (Lipinski definition) is 7. The second kappa shape index (κ2) is 16.0. The molecule has 9 heteroatoms. The largest absolute Gasteiger partial charge is 0.507 e. The van der Waals surface area contributed by atoms with Gasteiger partial charge in [-0.15, -0.1) is 0 Å². The Morgan fingerprint density at radius 3 is 1.21 bits per heavy atom. The van der Waals surface area contributed by atoms with Crippen LogP contribution in [0.15, 0.2) is 6.07 Å². The van der Waals surface area contributed by atoms with Crippen molar-refractivity contribution in [3.63, 3.8) is 0 Å². The minimum absolute atomic E-state index is 0.0179. The van der Waals surface area contributed by atoms with Crippen LogP contribution in [0.3, 0.4) is 0 Å². The van der Waals surface area contributed by atoms with Gasteiger partial charge in [0, 0.05) is 68.5 Å². The average Bonchev–Trinajstić information content (AvgIpc) is 2.96. The van der Waals surface area contributed by atoms with Crippen molar-refractivity contribution in [2.75, 3.05) is 0 Å². The Hall–Kier alpha value is -2.20. The van der Waals surface area contributed by atoms with Crippen LogP contribution in [0.4, 0.5) is 0 Å². The van der Waals surface area contributed by atoms with Crippen LogP contribution >= 0.6 is 0 Å². The topological polar surface area (TPSA) is 109 Å². The average molecular weight is 849 g/mol. The number of amides is 2. The normalized spacial score (nSPS) is 26.9. The molecule has 4 heterocycles. The number of phenols is 1. The number of hydrogen-bond donors (Lipinski definition) is 5. The second-order valence-electron chi connectivity index (χ2n) is 26.8. The maximum Gasteiger partial charge on any atom is 0.233 e. The summed E-state index contributed by atoms with van der Waals surface area (Å²) in [5.41, 5.74) is 2.56. The van der Waals surface area contributed by atoms with Crippen LogP contribution < -0.4 is 21.3 Å². The number of rotatable bonds is 8. The SMILES string of the molecule is Cc1c(CC(C(=O)NC2CC(C)(C)N(C3CC(C)(C)NC(C)(C)C3)C(C)(C)C2)C(=O)NC2CC(C)(C)N(C3CC(C)(C)NC(C)(C)C3)C(C)(C)C2)cc(C(C)(C)C)c(O)c1C. The number of likely N-dealkylation sites (tertiary alicyclic amines) is 2. The van der Waals surface area contributed by atoms with Crippen molar-refractivity contribution >= 4 is 11.8 Å². The number of phenolic OH excluding ortho intramolecular Hbond substituents is 1. The summed E-state index contributed by atoms with van der Waals surface area (Å²) in [7, 11) is 0. The summed E-state index contributed by atoms with van der Waals surface area (Å²) >= 11 is 0. The highest BCUT2D eigenvalue weighted by Crippen LogP contribution is 2.47. The van der Waals surface area contributed by atoms with Crippen molar-refractivity contribution in [3.8, 4) is 5.75 Å². The molecule has 4 aliphatic heterocycles. The molecular formula is C52H92N6O3. The zero-order chi connectivity index (χ0) is 46.5. The number of piperidine rings is 4. The predicted octanol–water partition coefficient (Wildman–Crippen LogP) is 9.36. The van der Waals surface area contributed by atoms with E-state index in [9.17, 15) is 14.7 Å². The van der Waals surface area contributed by atoms with Crippen LogP contribution in [-0.2, 0) is 21.4 Å². The molecule has 5 rings (SSSR count). The first-order valence-corrected chi connectivity index (χ1v) is 23.9. The van der Waals surface area contributed by atoms with Gasteiger partial charge in [-0.2, -0.15) is 0 Å². The third kappa shape index (κ3) is 11.0. The van der Waals surface area contributed by atoms with Gasteiger partial charge in [0.1, 0.15) is 11.7 Å². The molecule has 1 aromatic rings. The Bertz CT molecular complexity index is 1650. The molecule has 348 valence electrons. The Balaban J connectivity index is 1.44. The first kappa shape index (κ1) is 49.8. The fourth-order valence-electron chi connectivity index (χ4n) is 14.6. The van der Waals surface area contributed by atoms with Crippen LogP contribution in [0, 0.1) is 19.8 Å². The summed E-state index contributed by atoms with van der Waals surface area (Å²) in [5.74, 6) is -1.04. The summed E-state index contributed by atoms with van der Waals surface area (Å²) in [5, 5.41) is 26.1. The van der Waals surface area contributed by atoms with E-state index in [2.05, 4.69) is 163 Å². The first-order chi connectivity index (χ1) is 27.3. The highest BCUT2D eigenvalue weighted by molar-refractivity contribution is 6.01. The molecule has 0 aliphatic carbocycles. The smallest absolute Gasteiger partial charge is 0.233 e. The van der Waals surface area contributed by atoms with E-state index >= 15 is 0 Å². The first-order valence-electron chi connectivity index (χ1n) is 23.9. The zero-order valence-corrected chi connectivity index (χ0v) is 43.0. The van der Waals surface area contributed by atoms with Crippen molar-refractivity contribution in [2.45, 2.75) is 277 Å². The van der Waals surface area contributed by atoms with E-state index in [0.717, 1.165) is 73.6 Å². The standard InChI is InChI=1S/C52H92N6O3/c1-32-33(2)41(59)40(44(3,4)5)23-34(32)22-39(42(60)53-35-24-49(14,15)57(50(16,17)25-35)37-28-45(6,7)55-46(8,9)29-37)43(61)54-36-26-51(18,19)58(52(20,21)27-36)38-30-47(10,11)56-48(12,13)31-38/h23,35-39,55-56,59H,22,24-31H2,1-21H3,(H,53,60)(H,54,61). The molecule has 0 unspecified atom stereocenters. The number of nitrogens with zero attached hydrogens (tertiary/aromatic N) is 2. The molecule has 9 nitrogen and oxygen atoms in total. The van der Waals surface area contributed by atoms with Gasteiger partial charge in [0.25, 0.3) is 0 Å². The lowest BCUT2D eigenvalue weighted by molar-refractivity contribution is -0.139. The molecule has 61 heavy (non-hydrogen) atoms. The predicted molar refractivity (Wildman–Crippen MR) is 254 cm³/mol. The zero-order valence-electron chi connectivity index (χ0n) is 43.0. The number of carbonyl (C=O) groups excluding carboxylic acids is 2. The lowest BCUT2D eigenvalue weighted by atomic mass is 9.71. The van der Waals surface area contributed by atoms with E-state index in [4.69, 9.17) is 0 Å². The van der Waals surface area contributed by atoms with Crippen LogP contribution in [-0.4, -0.2) is 95.2 Å². The molecule has 0 bridgehead atoms. The summed E-state index contributed by atoms with van der Waals surface area (Å²) in [6, 6.07) is 2.68. The summed E-state index contributed by atoms with van der Waals surface area (Å²) in [6.45, 7) is 47.6. The van der Waals surface area contributed by atoms with Gasteiger partial charge in [-0.1, -0.05) is 26.8 Å². The van der Waals surface area contributed by atoms with Gasteiger partial charge in [0.2, 0.25) is 11.8 Å². The highest BCUT2D eigenvalue weighted by Gasteiger charge is 2.54. The van der Waals surface area contributed by atoms with E-state index in [1.807, 2.05) is 19.9 Å². The van der Waals surface area contributed by atoms with E-state index in [-0.39, 0.29) is 80.0 Å². The van der Waals surface area contributed by atoms with Crippen molar-refractivity contribution in [1.82, 2.24) is 31.1 Å². The van der Waals surface area contributed by atoms with Crippen molar-refractivity contribution in [3.05, 3.63) is 28.3 Å². The van der Waals surface area contributed by atoms with Gasteiger partial charge < -0.3 is 26.4 Å². The Morgan fingerprint density at radius 2 is 0.918 bits per heavy atom. The third-order valence-corrected chi connectivity index (χ3v) is 15.2. The molecule has 4 fully saturated rings. The van der Waals surface area contributed by atoms with E-state index < -0.39 is 5.92 Å². The molecule has 0 atom stereocenters. The monoisotopic (exact) mass is 849 g/mol. The molecule has 0 radical (unpaired) electrons. The van der Waals surface area contributed by atoms with Gasteiger partial charge in [-0.25, -0.2) is 0 Å². The van der Waals surface area contributed by atoms with Crippen molar-refractivity contribution in [1.29, 1.82) is 0 Å². The van der Waals surface area contributed by atoms with Crippen LogP contribution in [0.5, 0.6) is 5.75 Å². The lowest BCUT2D eigenvalue weighted by Gasteiger charge is -2.62. The molecule has 0 saturated carbocycles. The Labute approximate surface area is 373 Å². The minimum Gasteiger partial charge on any atom is -0.507 e. The van der Waals surface area contributed by atoms with Gasteiger partial charge in [0.05, 0.1) is 0 Å². The molecule has 0 spiro atoms. The second-order valence-corrected chi connectivity index (χ2v) is 26.8. The molecule has 2 amide bonds. The molecule has 4 aliphatic rings. The van der Waals surface area contributed by atoms with Crippen molar-refractivity contribution < 1.29 is 14.7 Å². The maximum atomic E-state index is 15.0. The molecule has 0 aromatic heterocycles. The Kier molecular flexibility index (Phi) is 13.1. The minimum atomic E-state index is -0.930. The number of carbonyl (C=O) groups is 2. The third-order valence-electron chi connectivity index (χ3n) is 15.2. The van der Waals surface area contributed by atoms with E-state index in [1.54, 1.807) is 0 Å². The number of nitrogens with one attached hydrogen (secondary N) is 4. The quantitative estimate of drug-likeness (QED) is 0.166. The van der Waals surface area contributed by atoms with Crippen LogP contribution in [0.25, 0.3) is 0 Å².